The number of rotatable bonds is 5. The van der Waals surface area contributed by atoms with Crippen molar-refractivity contribution in [2.75, 3.05) is 5.73 Å². The molecule has 0 aliphatic heterocycles. The number of imidazole rings is 1. The fraction of sp³-hybridized carbons (Fsp3) is 0.533. The van der Waals surface area contributed by atoms with E-state index in [1.807, 2.05) is 12.1 Å². The topological polar surface area (TPSA) is 43.8 Å². The first kappa shape index (κ1) is 12.9. The molecule has 0 aliphatic carbocycles. The lowest BCUT2D eigenvalue weighted by atomic mass is 10.1. The summed E-state index contributed by atoms with van der Waals surface area (Å²) >= 11 is 0. The van der Waals surface area contributed by atoms with Gasteiger partial charge in [0.25, 0.3) is 0 Å². The predicted octanol–water partition coefficient (Wildman–Crippen LogP) is 3.93. The Hall–Kier alpha value is -1.51. The van der Waals surface area contributed by atoms with Crippen molar-refractivity contribution < 1.29 is 0 Å². The van der Waals surface area contributed by atoms with Crippen LogP contribution in [-0.4, -0.2) is 9.55 Å². The van der Waals surface area contributed by atoms with Gasteiger partial charge in [0.2, 0.25) is 0 Å². The van der Waals surface area contributed by atoms with Gasteiger partial charge in [0, 0.05) is 18.2 Å². The van der Waals surface area contributed by atoms with Crippen molar-refractivity contribution in [2.24, 2.45) is 0 Å². The van der Waals surface area contributed by atoms with Crippen LogP contribution in [0.15, 0.2) is 18.2 Å². The van der Waals surface area contributed by atoms with Crippen LogP contribution < -0.4 is 5.73 Å². The van der Waals surface area contributed by atoms with E-state index in [2.05, 4.69) is 31.4 Å². The van der Waals surface area contributed by atoms with E-state index < -0.39 is 0 Å². The van der Waals surface area contributed by atoms with E-state index in [4.69, 9.17) is 10.7 Å². The maximum atomic E-state index is 5.85. The number of fused-ring (bicyclic) bond motifs is 1. The molecule has 0 unspecified atom stereocenters. The predicted molar refractivity (Wildman–Crippen MR) is 77.8 cm³/mol. The molecule has 3 nitrogen and oxygen atoms in total. The van der Waals surface area contributed by atoms with Gasteiger partial charge in [-0.15, -0.1) is 0 Å². The monoisotopic (exact) mass is 245 g/mol. The molecule has 2 rings (SSSR count). The van der Waals surface area contributed by atoms with Gasteiger partial charge < -0.3 is 10.3 Å². The lowest BCUT2D eigenvalue weighted by Gasteiger charge is -2.18. The third-order valence-corrected chi connectivity index (χ3v) is 3.57. The van der Waals surface area contributed by atoms with Crippen LogP contribution in [0.4, 0.5) is 5.69 Å². The number of hydrogen-bond acceptors (Lipinski definition) is 2. The van der Waals surface area contributed by atoms with Crippen LogP contribution in [0.25, 0.3) is 11.0 Å². The first-order valence-corrected chi connectivity index (χ1v) is 6.97. The molecular weight excluding hydrogens is 222 g/mol. The number of hydrogen-bond donors (Lipinski definition) is 1. The lowest BCUT2D eigenvalue weighted by Crippen LogP contribution is -2.10. The van der Waals surface area contributed by atoms with E-state index in [0.717, 1.165) is 36.9 Å². The van der Waals surface area contributed by atoms with Crippen molar-refractivity contribution in [2.45, 2.75) is 52.5 Å². The van der Waals surface area contributed by atoms with Crippen LogP contribution >= 0.6 is 0 Å². The van der Waals surface area contributed by atoms with Crippen LogP contribution in [0.2, 0.25) is 0 Å². The summed E-state index contributed by atoms with van der Waals surface area (Å²) in [4.78, 5) is 4.76. The zero-order chi connectivity index (χ0) is 13.1. The molecule has 2 N–H and O–H groups in total. The molecular formula is C15H23N3. The van der Waals surface area contributed by atoms with Crippen LogP contribution in [0.5, 0.6) is 0 Å². The molecule has 0 fully saturated rings. The fourth-order valence-electron chi connectivity index (χ4n) is 2.63. The molecule has 3 heteroatoms. The summed E-state index contributed by atoms with van der Waals surface area (Å²) in [6.45, 7) is 6.69. The smallest absolute Gasteiger partial charge is 0.110 e. The zero-order valence-corrected chi connectivity index (χ0v) is 11.6. The molecule has 0 aliphatic rings. The Kier molecular flexibility index (Phi) is 3.90. The van der Waals surface area contributed by atoms with Crippen molar-refractivity contribution >= 4 is 16.7 Å². The quantitative estimate of drug-likeness (QED) is 0.811. The third kappa shape index (κ3) is 2.22. The van der Waals surface area contributed by atoms with Crippen molar-refractivity contribution in [3.05, 3.63) is 24.0 Å². The number of nitrogens with two attached hydrogens (primary N) is 1. The summed E-state index contributed by atoms with van der Waals surface area (Å²) in [7, 11) is 0. The molecule has 18 heavy (non-hydrogen) atoms. The summed E-state index contributed by atoms with van der Waals surface area (Å²) in [5, 5.41) is 0. The van der Waals surface area contributed by atoms with Gasteiger partial charge in [-0.2, -0.15) is 0 Å². The maximum Gasteiger partial charge on any atom is 0.110 e. The third-order valence-electron chi connectivity index (χ3n) is 3.57. The molecule has 1 aromatic heterocycles. The van der Waals surface area contributed by atoms with E-state index in [1.54, 1.807) is 0 Å². The molecule has 0 atom stereocenters. The largest absolute Gasteiger partial charge is 0.399 e. The highest BCUT2D eigenvalue weighted by atomic mass is 15.1. The van der Waals surface area contributed by atoms with E-state index in [9.17, 15) is 0 Å². The van der Waals surface area contributed by atoms with Crippen molar-refractivity contribution in [3.63, 3.8) is 0 Å². The van der Waals surface area contributed by atoms with Crippen LogP contribution in [0.3, 0.4) is 0 Å². The highest BCUT2D eigenvalue weighted by Crippen LogP contribution is 2.27. The second kappa shape index (κ2) is 5.42. The SMILES string of the molecule is CCCc1nc2cc(N)ccc2n1C(CC)CC. The number of nitrogen functional groups attached to an aromatic ring is 1. The molecule has 1 aromatic carbocycles. The van der Waals surface area contributed by atoms with E-state index in [0.29, 0.717) is 6.04 Å². The summed E-state index contributed by atoms with van der Waals surface area (Å²) < 4.78 is 2.41. The Morgan fingerprint density at radius 2 is 1.94 bits per heavy atom. The van der Waals surface area contributed by atoms with E-state index >= 15 is 0 Å². The Bertz CT molecular complexity index is 524. The number of aryl methyl sites for hydroxylation is 1. The number of nitrogens with zero attached hydrogens (tertiary/aromatic N) is 2. The lowest BCUT2D eigenvalue weighted by molar-refractivity contribution is 0.465. The molecule has 0 amide bonds. The van der Waals surface area contributed by atoms with E-state index in [-0.39, 0.29) is 0 Å². The summed E-state index contributed by atoms with van der Waals surface area (Å²) in [5.41, 5.74) is 8.90. The first-order valence-electron chi connectivity index (χ1n) is 6.97. The average molecular weight is 245 g/mol. The Balaban J connectivity index is 2.61. The van der Waals surface area contributed by atoms with Gasteiger partial charge in [0.15, 0.2) is 0 Å². The van der Waals surface area contributed by atoms with Crippen LogP contribution in [-0.2, 0) is 6.42 Å². The second-order valence-corrected chi connectivity index (χ2v) is 4.87. The van der Waals surface area contributed by atoms with Gasteiger partial charge in [-0.1, -0.05) is 20.8 Å². The Morgan fingerprint density at radius 3 is 2.56 bits per heavy atom. The number of aromatic nitrogens is 2. The minimum Gasteiger partial charge on any atom is -0.399 e. The first-order chi connectivity index (χ1) is 8.71. The molecule has 0 radical (unpaired) electrons. The van der Waals surface area contributed by atoms with Crippen molar-refractivity contribution in [3.8, 4) is 0 Å². The van der Waals surface area contributed by atoms with Gasteiger partial charge in [-0.05, 0) is 37.5 Å². The second-order valence-electron chi connectivity index (χ2n) is 4.87. The standard InChI is InChI=1S/C15H23N3/c1-4-7-15-17-13-10-11(16)8-9-14(13)18(15)12(5-2)6-3/h8-10,12H,4-7,16H2,1-3H3. The van der Waals surface area contributed by atoms with Crippen molar-refractivity contribution in [1.82, 2.24) is 9.55 Å². The highest BCUT2D eigenvalue weighted by Gasteiger charge is 2.16. The fourth-order valence-corrected chi connectivity index (χ4v) is 2.63. The van der Waals surface area contributed by atoms with Gasteiger partial charge in [-0.3, -0.25) is 0 Å². The number of anilines is 1. The van der Waals surface area contributed by atoms with Gasteiger partial charge >= 0.3 is 0 Å². The van der Waals surface area contributed by atoms with Gasteiger partial charge in [0.05, 0.1) is 11.0 Å². The normalized spacial score (nSPS) is 11.6. The molecule has 98 valence electrons. The Morgan fingerprint density at radius 1 is 1.22 bits per heavy atom. The summed E-state index contributed by atoms with van der Waals surface area (Å²) in [5.74, 6) is 1.20. The molecule has 0 bridgehead atoms. The van der Waals surface area contributed by atoms with E-state index in [1.165, 1.54) is 11.3 Å². The molecule has 1 heterocycles. The molecule has 0 saturated carbocycles. The zero-order valence-electron chi connectivity index (χ0n) is 11.6. The minimum absolute atomic E-state index is 0.542. The number of benzene rings is 1. The molecule has 2 aromatic rings. The van der Waals surface area contributed by atoms with Crippen LogP contribution in [0.1, 0.15) is 51.9 Å². The summed E-state index contributed by atoms with van der Waals surface area (Å²) in [6, 6.07) is 6.60. The van der Waals surface area contributed by atoms with Gasteiger partial charge in [-0.25, -0.2) is 4.98 Å². The summed E-state index contributed by atoms with van der Waals surface area (Å²) in [6.07, 6.45) is 4.44. The van der Waals surface area contributed by atoms with Crippen LogP contribution in [0, 0.1) is 0 Å². The average Bonchev–Trinajstić information content (AvgIpc) is 2.69. The highest BCUT2D eigenvalue weighted by molar-refractivity contribution is 5.79. The maximum absolute atomic E-state index is 5.85. The van der Waals surface area contributed by atoms with Crippen molar-refractivity contribution in [1.29, 1.82) is 0 Å². The Labute approximate surface area is 109 Å². The minimum atomic E-state index is 0.542. The molecule has 0 spiro atoms. The van der Waals surface area contributed by atoms with Gasteiger partial charge in [0.1, 0.15) is 5.82 Å². The molecule has 0 saturated heterocycles.